The number of para-hydroxylation sites is 1. The van der Waals surface area contributed by atoms with Crippen molar-refractivity contribution >= 4 is 35.0 Å². The molecular formula is C26H24NO2P. The molecule has 0 atom stereocenters. The first-order chi connectivity index (χ1) is 14.7. The molecule has 0 aromatic heterocycles. The van der Waals surface area contributed by atoms with Gasteiger partial charge in [0.15, 0.2) is 0 Å². The van der Waals surface area contributed by atoms with Crippen LogP contribution in [0.15, 0.2) is 121 Å². The van der Waals surface area contributed by atoms with Gasteiger partial charge in [-0.2, -0.15) is 0 Å². The molecule has 30 heavy (non-hydrogen) atoms. The molecule has 0 aliphatic rings. The van der Waals surface area contributed by atoms with E-state index in [1.54, 1.807) is 0 Å². The maximum absolute atomic E-state index is 12.1. The van der Waals surface area contributed by atoms with E-state index in [9.17, 15) is 9.90 Å². The molecule has 0 radical (unpaired) electrons. The van der Waals surface area contributed by atoms with Gasteiger partial charge in [-0.15, -0.1) is 0 Å². The van der Waals surface area contributed by atoms with Gasteiger partial charge in [-0.1, -0.05) is 0 Å². The van der Waals surface area contributed by atoms with Crippen molar-refractivity contribution in [3.05, 3.63) is 121 Å². The van der Waals surface area contributed by atoms with E-state index in [-0.39, 0.29) is 6.54 Å². The summed E-state index contributed by atoms with van der Waals surface area (Å²) >= 11 is 0. The summed E-state index contributed by atoms with van der Waals surface area (Å²) in [6.07, 6.45) is 0. The van der Waals surface area contributed by atoms with Gasteiger partial charge >= 0.3 is 177 Å². The van der Waals surface area contributed by atoms with Gasteiger partial charge in [0.05, 0.1) is 0 Å². The van der Waals surface area contributed by atoms with Crippen LogP contribution in [0.3, 0.4) is 0 Å². The number of aliphatic carboxylic acids is 1. The molecule has 0 bridgehead atoms. The van der Waals surface area contributed by atoms with E-state index in [4.69, 9.17) is 0 Å². The molecule has 0 saturated heterocycles. The second-order valence-corrected chi connectivity index (χ2v) is 10.8. The van der Waals surface area contributed by atoms with Gasteiger partial charge in [0, 0.05) is 0 Å². The molecule has 1 N–H and O–H groups in total. The second-order valence-electron chi connectivity index (χ2n) is 7.12. The van der Waals surface area contributed by atoms with Gasteiger partial charge < -0.3 is 0 Å². The molecular weight excluding hydrogens is 389 g/mol. The van der Waals surface area contributed by atoms with E-state index in [1.807, 2.05) is 84.9 Å². The number of anilines is 1. The van der Waals surface area contributed by atoms with Gasteiger partial charge in [0.2, 0.25) is 0 Å². The normalized spacial score (nSPS) is 11.6. The fourth-order valence-electron chi connectivity index (χ4n) is 4.15. The van der Waals surface area contributed by atoms with Crippen LogP contribution in [-0.4, -0.2) is 17.6 Å². The van der Waals surface area contributed by atoms with E-state index in [0.29, 0.717) is 0 Å². The van der Waals surface area contributed by atoms with Gasteiger partial charge in [0.1, 0.15) is 0 Å². The molecule has 0 aliphatic heterocycles. The number of carboxylic acids is 1. The Labute approximate surface area is 177 Å². The molecule has 0 spiro atoms. The summed E-state index contributed by atoms with van der Waals surface area (Å²) in [7, 11) is -2.90. The average Bonchev–Trinajstić information content (AvgIpc) is 2.81. The molecule has 0 unspecified atom stereocenters. The maximum atomic E-state index is 12.1. The van der Waals surface area contributed by atoms with E-state index in [0.717, 1.165) is 21.6 Å². The molecule has 0 saturated carbocycles. The van der Waals surface area contributed by atoms with Crippen LogP contribution in [0.25, 0.3) is 0 Å². The van der Waals surface area contributed by atoms with Gasteiger partial charge in [-0.05, 0) is 0 Å². The monoisotopic (exact) mass is 413 g/mol. The Hall–Kier alpha value is -3.42. The van der Waals surface area contributed by atoms with E-state index < -0.39 is 13.4 Å². The summed E-state index contributed by atoms with van der Waals surface area (Å²) in [5.41, 5.74) is 0.906. The number of hydrogen-bond acceptors (Lipinski definition) is 2. The number of rotatable bonds is 7. The minimum atomic E-state index is -2.90. The van der Waals surface area contributed by atoms with E-state index in [2.05, 4.69) is 41.1 Å². The summed E-state index contributed by atoms with van der Waals surface area (Å²) in [6.45, 7) is -0.0884. The van der Waals surface area contributed by atoms with Crippen molar-refractivity contribution in [1.29, 1.82) is 0 Å². The van der Waals surface area contributed by atoms with Gasteiger partial charge in [0.25, 0.3) is 0 Å². The minimum absolute atomic E-state index is 0.0884. The van der Waals surface area contributed by atoms with Crippen LogP contribution in [0.2, 0.25) is 0 Å². The Morgan fingerprint density at radius 2 is 0.933 bits per heavy atom. The van der Waals surface area contributed by atoms with Crippen LogP contribution in [0, 0.1) is 0 Å². The molecule has 3 nitrogen and oxygen atoms in total. The van der Waals surface area contributed by atoms with Crippen LogP contribution >= 0.6 is 7.41 Å². The zero-order valence-corrected chi connectivity index (χ0v) is 17.6. The predicted molar refractivity (Wildman–Crippen MR) is 128 cm³/mol. The number of benzene rings is 4. The van der Waals surface area contributed by atoms with Crippen molar-refractivity contribution < 1.29 is 9.90 Å². The molecule has 0 fully saturated rings. The van der Waals surface area contributed by atoms with Crippen molar-refractivity contribution in [2.24, 2.45) is 0 Å². The first-order valence-corrected chi connectivity index (χ1v) is 11.9. The quantitative estimate of drug-likeness (QED) is 0.461. The van der Waals surface area contributed by atoms with Crippen molar-refractivity contribution in [3.63, 3.8) is 0 Å². The molecule has 4 heteroatoms. The Morgan fingerprint density at radius 1 is 0.600 bits per heavy atom. The third-order valence-electron chi connectivity index (χ3n) is 5.34. The molecule has 4 aromatic rings. The third-order valence-corrected chi connectivity index (χ3v) is 10.1. The molecule has 0 amide bonds. The third kappa shape index (κ3) is 3.72. The number of hydrogen-bond donors (Lipinski definition) is 1. The Bertz CT molecular complexity index is 990. The zero-order valence-electron chi connectivity index (χ0n) is 16.6. The molecule has 0 aliphatic carbocycles. The topological polar surface area (TPSA) is 40.5 Å². The summed E-state index contributed by atoms with van der Waals surface area (Å²) in [5.74, 6) is -0.849. The van der Waals surface area contributed by atoms with Crippen molar-refractivity contribution in [2.75, 3.05) is 11.2 Å². The summed E-state index contributed by atoms with van der Waals surface area (Å²) < 4.78 is 2.12. The summed E-state index contributed by atoms with van der Waals surface area (Å²) in [6, 6.07) is 40.9. The van der Waals surface area contributed by atoms with Crippen LogP contribution in [0.5, 0.6) is 0 Å². The summed E-state index contributed by atoms with van der Waals surface area (Å²) in [5, 5.41) is 13.4. The standard InChI is InChI=1S/C26H24NO2P/c28-26(29)21-27(22-13-5-1-6-14-22)30(23-15-7-2-8-16-23,24-17-9-3-10-18-24)25-19-11-4-12-20-25/h1-20,30H,21H2,(H,28,29). The fraction of sp³-hybridized carbons (Fsp3) is 0.0385. The molecule has 0 heterocycles. The van der Waals surface area contributed by atoms with E-state index >= 15 is 0 Å². The van der Waals surface area contributed by atoms with Crippen molar-refractivity contribution in [2.45, 2.75) is 0 Å². The van der Waals surface area contributed by atoms with E-state index in [1.165, 1.54) is 0 Å². The van der Waals surface area contributed by atoms with Gasteiger partial charge in [-0.3, -0.25) is 0 Å². The predicted octanol–water partition coefficient (Wildman–Crippen LogP) is 4.22. The SMILES string of the molecule is O=C(O)CN(c1ccccc1)[PH](c1ccccc1)(c1ccccc1)c1ccccc1. The summed E-state index contributed by atoms with van der Waals surface area (Å²) in [4.78, 5) is 12.1. The second kappa shape index (κ2) is 8.94. The van der Waals surface area contributed by atoms with Crippen LogP contribution in [0.1, 0.15) is 0 Å². The average molecular weight is 413 g/mol. The number of nitrogens with zero attached hydrogens (tertiary/aromatic N) is 1. The van der Waals surface area contributed by atoms with Crippen molar-refractivity contribution in [1.82, 2.24) is 0 Å². The van der Waals surface area contributed by atoms with Crippen molar-refractivity contribution in [3.8, 4) is 0 Å². The van der Waals surface area contributed by atoms with Crippen LogP contribution in [-0.2, 0) is 4.79 Å². The zero-order chi connectivity index (χ0) is 20.8. The van der Waals surface area contributed by atoms with Crippen LogP contribution in [0.4, 0.5) is 5.69 Å². The van der Waals surface area contributed by atoms with Gasteiger partial charge in [-0.25, -0.2) is 0 Å². The Balaban J connectivity index is 2.12. The first kappa shape index (κ1) is 19.9. The molecule has 4 rings (SSSR count). The fourth-order valence-corrected chi connectivity index (χ4v) is 9.02. The molecule has 4 aromatic carbocycles. The number of carboxylic acid groups (broad SMARTS) is 1. The number of carbonyl (C=O) groups is 1. The Kier molecular flexibility index (Phi) is 5.92. The first-order valence-electron chi connectivity index (χ1n) is 9.94. The Morgan fingerprint density at radius 3 is 1.27 bits per heavy atom. The molecule has 150 valence electrons. The van der Waals surface area contributed by atoms with Crippen LogP contribution < -0.4 is 20.6 Å².